The number of aromatic amines is 1. The molecule has 1 amide bonds. The van der Waals surface area contributed by atoms with Gasteiger partial charge in [-0.2, -0.15) is 0 Å². The Morgan fingerprint density at radius 1 is 1.14 bits per heavy atom. The fraction of sp³-hybridized carbons (Fsp3) is 0.381. The van der Waals surface area contributed by atoms with Crippen molar-refractivity contribution in [3.63, 3.8) is 0 Å². The maximum Gasteiger partial charge on any atom is 0.333 e. The van der Waals surface area contributed by atoms with Gasteiger partial charge in [0.25, 0.3) is 5.56 Å². The van der Waals surface area contributed by atoms with Gasteiger partial charge in [-0.25, -0.2) is 9.36 Å². The van der Waals surface area contributed by atoms with Crippen molar-refractivity contribution in [3.05, 3.63) is 62.1 Å². The molecule has 1 saturated carbocycles. The van der Waals surface area contributed by atoms with Gasteiger partial charge in [0.15, 0.2) is 0 Å². The molecule has 0 saturated heterocycles. The first-order valence-corrected chi connectivity index (χ1v) is 10.5. The van der Waals surface area contributed by atoms with Crippen molar-refractivity contribution in [3.8, 4) is 5.69 Å². The predicted octanol–water partition coefficient (Wildman–Crippen LogP) is 2.98. The third-order valence-electron chi connectivity index (χ3n) is 5.45. The molecule has 1 aliphatic rings. The third-order valence-corrected chi connectivity index (χ3v) is 6.35. The minimum Gasteiger partial charge on any atom is -0.353 e. The van der Waals surface area contributed by atoms with Crippen LogP contribution in [0.1, 0.15) is 38.2 Å². The number of fused-ring (bicyclic) bond motifs is 1. The third kappa shape index (κ3) is 3.80. The standard InChI is InChI=1S/C21H23N3O3S/c1-13-2-6-15(7-3-13)22-18(25)12-14-4-8-16(9-5-14)24-20(26)19-17(10-11-28-19)23-21(24)27/h4-5,8-11,13,15H,2-3,6-7,12H2,1H3,(H,22,25)(H,23,27). The molecule has 1 aliphatic carbocycles. The van der Waals surface area contributed by atoms with Crippen molar-refractivity contribution in [2.75, 3.05) is 0 Å². The molecule has 0 aliphatic heterocycles. The number of H-pyrrole nitrogens is 1. The van der Waals surface area contributed by atoms with Crippen LogP contribution in [0.15, 0.2) is 45.3 Å². The quantitative estimate of drug-likeness (QED) is 0.710. The van der Waals surface area contributed by atoms with Gasteiger partial charge in [-0.1, -0.05) is 19.1 Å². The molecule has 0 atom stereocenters. The summed E-state index contributed by atoms with van der Waals surface area (Å²) in [6.07, 6.45) is 4.71. The number of benzene rings is 1. The monoisotopic (exact) mass is 397 g/mol. The van der Waals surface area contributed by atoms with Crippen molar-refractivity contribution in [1.82, 2.24) is 14.9 Å². The van der Waals surface area contributed by atoms with Gasteiger partial charge in [-0.15, -0.1) is 11.3 Å². The molecule has 1 aromatic carbocycles. The summed E-state index contributed by atoms with van der Waals surface area (Å²) in [6.45, 7) is 2.26. The Morgan fingerprint density at radius 3 is 2.57 bits per heavy atom. The number of amides is 1. The molecule has 1 fully saturated rings. The molecule has 146 valence electrons. The largest absolute Gasteiger partial charge is 0.353 e. The van der Waals surface area contributed by atoms with E-state index < -0.39 is 5.69 Å². The summed E-state index contributed by atoms with van der Waals surface area (Å²) < 4.78 is 1.65. The van der Waals surface area contributed by atoms with E-state index in [-0.39, 0.29) is 17.5 Å². The smallest absolute Gasteiger partial charge is 0.333 e. The lowest BCUT2D eigenvalue weighted by molar-refractivity contribution is -0.121. The lowest BCUT2D eigenvalue weighted by atomic mass is 9.87. The molecule has 2 heterocycles. The SMILES string of the molecule is CC1CCC(NC(=O)Cc2ccc(-n3c(=O)[nH]c4ccsc4c3=O)cc2)CC1. The van der Waals surface area contributed by atoms with E-state index in [1.807, 2.05) is 0 Å². The zero-order valence-corrected chi connectivity index (χ0v) is 16.6. The molecule has 7 heteroatoms. The highest BCUT2D eigenvalue weighted by Gasteiger charge is 2.19. The van der Waals surface area contributed by atoms with Gasteiger partial charge < -0.3 is 10.3 Å². The summed E-state index contributed by atoms with van der Waals surface area (Å²) in [5.41, 5.74) is 1.11. The molecule has 2 aromatic heterocycles. The van der Waals surface area contributed by atoms with Crippen LogP contribution < -0.4 is 16.6 Å². The van der Waals surface area contributed by atoms with Gasteiger partial charge >= 0.3 is 5.69 Å². The Hall–Kier alpha value is -2.67. The molecule has 2 N–H and O–H groups in total. The van der Waals surface area contributed by atoms with Crippen LogP contribution in [0.2, 0.25) is 0 Å². The Labute approximate surface area is 166 Å². The molecular formula is C21H23N3O3S. The zero-order chi connectivity index (χ0) is 19.7. The molecule has 0 spiro atoms. The summed E-state index contributed by atoms with van der Waals surface area (Å²) in [4.78, 5) is 40.0. The number of aromatic nitrogens is 2. The highest BCUT2D eigenvalue weighted by atomic mass is 32.1. The topological polar surface area (TPSA) is 84.0 Å². The molecule has 28 heavy (non-hydrogen) atoms. The minimum atomic E-state index is -0.465. The average Bonchev–Trinajstić information content (AvgIpc) is 3.13. The van der Waals surface area contributed by atoms with Crippen LogP contribution in [0.5, 0.6) is 0 Å². The van der Waals surface area contributed by atoms with Crippen LogP contribution in [0.3, 0.4) is 0 Å². The number of carbonyl (C=O) groups is 1. The van der Waals surface area contributed by atoms with E-state index >= 15 is 0 Å². The number of hydrogen-bond acceptors (Lipinski definition) is 4. The number of carbonyl (C=O) groups excluding carboxylic acids is 1. The fourth-order valence-corrected chi connectivity index (χ4v) is 4.58. The summed E-state index contributed by atoms with van der Waals surface area (Å²) >= 11 is 1.30. The Morgan fingerprint density at radius 2 is 1.86 bits per heavy atom. The average molecular weight is 398 g/mol. The number of nitrogens with zero attached hydrogens (tertiary/aromatic N) is 1. The van der Waals surface area contributed by atoms with E-state index in [4.69, 9.17) is 0 Å². The lowest BCUT2D eigenvalue weighted by Gasteiger charge is -2.26. The van der Waals surface area contributed by atoms with Gasteiger partial charge in [0, 0.05) is 6.04 Å². The normalized spacial score (nSPS) is 19.6. The van der Waals surface area contributed by atoms with Gasteiger partial charge in [0.05, 0.1) is 17.6 Å². The van der Waals surface area contributed by atoms with Gasteiger partial charge in [0.1, 0.15) is 4.70 Å². The molecule has 3 aromatic rings. The van der Waals surface area contributed by atoms with Crippen molar-refractivity contribution in [2.24, 2.45) is 5.92 Å². The van der Waals surface area contributed by atoms with Crippen molar-refractivity contribution >= 4 is 27.5 Å². The Balaban J connectivity index is 1.48. The second-order valence-electron chi connectivity index (χ2n) is 7.60. The van der Waals surface area contributed by atoms with Crippen molar-refractivity contribution < 1.29 is 4.79 Å². The van der Waals surface area contributed by atoms with E-state index in [2.05, 4.69) is 17.2 Å². The van der Waals surface area contributed by atoms with Crippen LogP contribution in [-0.2, 0) is 11.2 Å². The van der Waals surface area contributed by atoms with Crippen molar-refractivity contribution in [1.29, 1.82) is 0 Å². The number of hydrogen-bond donors (Lipinski definition) is 2. The molecule has 0 radical (unpaired) electrons. The minimum absolute atomic E-state index is 0.0160. The maximum atomic E-state index is 12.6. The summed E-state index contributed by atoms with van der Waals surface area (Å²) in [5, 5.41) is 4.90. The predicted molar refractivity (Wildman–Crippen MR) is 111 cm³/mol. The first-order chi connectivity index (χ1) is 13.5. The first-order valence-electron chi connectivity index (χ1n) is 9.62. The fourth-order valence-electron chi connectivity index (χ4n) is 3.80. The van der Waals surface area contributed by atoms with E-state index in [9.17, 15) is 14.4 Å². The molecule has 0 bridgehead atoms. The second-order valence-corrected chi connectivity index (χ2v) is 8.52. The van der Waals surface area contributed by atoms with E-state index in [1.54, 1.807) is 35.7 Å². The lowest BCUT2D eigenvalue weighted by Crippen LogP contribution is -2.38. The van der Waals surface area contributed by atoms with Crippen molar-refractivity contribution in [2.45, 2.75) is 45.1 Å². The number of rotatable bonds is 4. The summed E-state index contributed by atoms with van der Waals surface area (Å²) in [7, 11) is 0. The molecule has 0 unspecified atom stereocenters. The van der Waals surface area contributed by atoms with Gasteiger partial charge in [-0.05, 0) is 60.7 Å². The highest BCUT2D eigenvalue weighted by Crippen LogP contribution is 2.23. The van der Waals surface area contributed by atoms with Gasteiger partial charge in [-0.3, -0.25) is 9.59 Å². The van der Waals surface area contributed by atoms with Crippen LogP contribution >= 0.6 is 11.3 Å². The summed E-state index contributed by atoms with van der Waals surface area (Å²) in [5.74, 6) is 0.767. The highest BCUT2D eigenvalue weighted by molar-refractivity contribution is 7.17. The van der Waals surface area contributed by atoms with Crippen LogP contribution in [0.25, 0.3) is 15.9 Å². The van der Waals surface area contributed by atoms with Crippen LogP contribution in [0.4, 0.5) is 0 Å². The zero-order valence-electron chi connectivity index (χ0n) is 15.7. The maximum absolute atomic E-state index is 12.6. The summed E-state index contributed by atoms with van der Waals surface area (Å²) in [6, 6.07) is 9.01. The van der Waals surface area contributed by atoms with E-state index in [0.717, 1.165) is 41.7 Å². The number of thiophene rings is 1. The molecular weight excluding hydrogens is 374 g/mol. The Kier molecular flexibility index (Phi) is 5.17. The second kappa shape index (κ2) is 7.75. The van der Waals surface area contributed by atoms with Gasteiger partial charge in [0.2, 0.25) is 5.91 Å². The number of nitrogens with one attached hydrogen (secondary N) is 2. The molecule has 4 rings (SSSR count). The van der Waals surface area contributed by atoms with Crippen LogP contribution in [-0.4, -0.2) is 21.5 Å². The molecule has 6 nitrogen and oxygen atoms in total. The van der Waals surface area contributed by atoms with Crippen LogP contribution in [0, 0.1) is 5.92 Å². The van der Waals surface area contributed by atoms with E-state index in [1.165, 1.54) is 11.3 Å². The van der Waals surface area contributed by atoms with E-state index in [0.29, 0.717) is 22.3 Å². The Bertz CT molecular complexity index is 1100. The first kappa shape index (κ1) is 18.7.